The fourth-order valence-electron chi connectivity index (χ4n) is 1.83. The number of hydrogen-bond acceptors (Lipinski definition) is 3. The molecule has 0 radical (unpaired) electrons. The molecule has 0 aliphatic carbocycles. The highest BCUT2D eigenvalue weighted by Gasteiger charge is 2.12. The lowest BCUT2D eigenvalue weighted by molar-refractivity contribution is -0.885. The number of amides is 3. The maximum Gasteiger partial charge on any atom is 0.321 e. The average Bonchev–Trinajstić information content (AvgIpc) is 2.38. The number of urea groups is 1. The van der Waals surface area contributed by atoms with E-state index in [1.807, 2.05) is 38.2 Å². The van der Waals surface area contributed by atoms with Crippen LogP contribution in [-0.2, 0) is 11.3 Å². The fourth-order valence-corrected chi connectivity index (χ4v) is 1.83. The van der Waals surface area contributed by atoms with Gasteiger partial charge in [-0.1, -0.05) is 12.1 Å². The number of benzene rings is 1. The molecule has 0 heterocycles. The zero-order valence-corrected chi connectivity index (χ0v) is 12.5. The SMILES string of the molecule is CNC(=O)NC(=O)C[NH+](C)Cc1ccc(N(C)C)cc1. The zero-order valence-electron chi connectivity index (χ0n) is 12.5. The summed E-state index contributed by atoms with van der Waals surface area (Å²) < 4.78 is 0. The molecular formula is C14H23N4O2+. The molecule has 0 spiro atoms. The molecule has 6 heteroatoms. The molecule has 110 valence electrons. The van der Waals surface area contributed by atoms with Crippen LogP contribution in [0, 0.1) is 0 Å². The quantitative estimate of drug-likeness (QED) is 0.663. The van der Waals surface area contributed by atoms with Crippen molar-refractivity contribution in [3.8, 4) is 0 Å². The summed E-state index contributed by atoms with van der Waals surface area (Å²) in [5, 5.41) is 4.60. The van der Waals surface area contributed by atoms with Crippen molar-refractivity contribution < 1.29 is 14.5 Å². The Morgan fingerprint density at radius 3 is 2.30 bits per heavy atom. The number of imide groups is 1. The van der Waals surface area contributed by atoms with Crippen molar-refractivity contribution in [1.82, 2.24) is 10.6 Å². The van der Waals surface area contributed by atoms with Crippen LogP contribution in [0.15, 0.2) is 24.3 Å². The van der Waals surface area contributed by atoms with Crippen molar-refractivity contribution in [2.75, 3.05) is 39.6 Å². The molecule has 1 unspecified atom stereocenters. The smallest absolute Gasteiger partial charge is 0.321 e. The molecule has 1 aromatic rings. The first-order valence-electron chi connectivity index (χ1n) is 6.51. The van der Waals surface area contributed by atoms with Gasteiger partial charge in [0.2, 0.25) is 0 Å². The average molecular weight is 279 g/mol. The molecule has 0 aliphatic heterocycles. The molecule has 0 saturated heterocycles. The Morgan fingerprint density at radius 2 is 1.80 bits per heavy atom. The first kappa shape index (κ1) is 16.0. The highest BCUT2D eigenvalue weighted by atomic mass is 16.2. The monoisotopic (exact) mass is 279 g/mol. The molecule has 1 atom stereocenters. The summed E-state index contributed by atoms with van der Waals surface area (Å²) in [5.74, 6) is -0.285. The lowest BCUT2D eigenvalue weighted by Gasteiger charge is -2.15. The number of carbonyl (C=O) groups is 2. The van der Waals surface area contributed by atoms with E-state index in [4.69, 9.17) is 0 Å². The largest absolute Gasteiger partial charge is 0.378 e. The van der Waals surface area contributed by atoms with E-state index in [9.17, 15) is 9.59 Å². The summed E-state index contributed by atoms with van der Waals surface area (Å²) in [5.41, 5.74) is 2.30. The summed E-state index contributed by atoms with van der Waals surface area (Å²) in [6, 6.07) is 7.73. The molecule has 0 saturated carbocycles. The van der Waals surface area contributed by atoms with Crippen molar-refractivity contribution in [2.24, 2.45) is 0 Å². The number of nitrogens with zero attached hydrogens (tertiary/aromatic N) is 1. The lowest BCUT2D eigenvalue weighted by Crippen LogP contribution is -3.09. The van der Waals surface area contributed by atoms with E-state index < -0.39 is 6.03 Å². The first-order valence-corrected chi connectivity index (χ1v) is 6.51. The Morgan fingerprint density at radius 1 is 1.20 bits per heavy atom. The van der Waals surface area contributed by atoms with Crippen molar-refractivity contribution >= 4 is 17.6 Å². The third-order valence-electron chi connectivity index (χ3n) is 2.90. The van der Waals surface area contributed by atoms with E-state index in [1.54, 1.807) is 0 Å². The number of anilines is 1. The lowest BCUT2D eigenvalue weighted by atomic mass is 10.2. The Balaban J connectivity index is 2.47. The minimum atomic E-state index is -0.474. The number of carbonyl (C=O) groups excluding carboxylic acids is 2. The van der Waals surface area contributed by atoms with Crippen molar-refractivity contribution in [1.29, 1.82) is 0 Å². The number of nitrogens with one attached hydrogen (secondary N) is 3. The Bertz CT molecular complexity index is 457. The number of likely N-dealkylation sites (N-methyl/N-ethyl adjacent to an activating group) is 1. The first-order chi connectivity index (χ1) is 9.42. The fraction of sp³-hybridized carbons (Fsp3) is 0.429. The van der Waals surface area contributed by atoms with E-state index in [0.29, 0.717) is 0 Å². The molecule has 3 N–H and O–H groups in total. The van der Waals surface area contributed by atoms with Gasteiger partial charge in [0.25, 0.3) is 5.91 Å². The van der Waals surface area contributed by atoms with Crippen molar-refractivity contribution in [3.05, 3.63) is 29.8 Å². The summed E-state index contributed by atoms with van der Waals surface area (Å²) >= 11 is 0. The van der Waals surface area contributed by atoms with Crippen molar-refractivity contribution in [3.63, 3.8) is 0 Å². The number of hydrogen-bond donors (Lipinski definition) is 3. The summed E-state index contributed by atoms with van der Waals surface area (Å²) in [7, 11) is 7.39. The van der Waals surface area contributed by atoms with Gasteiger partial charge in [0, 0.05) is 32.4 Å². The Hall–Kier alpha value is -2.08. The van der Waals surface area contributed by atoms with Crippen LogP contribution in [0.5, 0.6) is 0 Å². The van der Waals surface area contributed by atoms with Gasteiger partial charge in [0.15, 0.2) is 6.54 Å². The van der Waals surface area contributed by atoms with Gasteiger partial charge in [-0.2, -0.15) is 0 Å². The van der Waals surface area contributed by atoms with Crippen LogP contribution in [0.1, 0.15) is 5.56 Å². The highest BCUT2D eigenvalue weighted by molar-refractivity contribution is 5.94. The molecule has 1 aromatic carbocycles. The van der Waals surface area contributed by atoms with Gasteiger partial charge in [-0.25, -0.2) is 4.79 Å². The van der Waals surface area contributed by atoms with Gasteiger partial charge in [-0.15, -0.1) is 0 Å². The van der Waals surface area contributed by atoms with Crippen LogP contribution >= 0.6 is 0 Å². The Labute approximate surface area is 119 Å². The Kier molecular flexibility index (Phi) is 5.99. The van der Waals surface area contributed by atoms with Gasteiger partial charge in [-0.05, 0) is 12.1 Å². The molecule has 0 fully saturated rings. The summed E-state index contributed by atoms with van der Waals surface area (Å²) in [6.45, 7) is 0.984. The molecule has 3 amide bonds. The summed E-state index contributed by atoms with van der Waals surface area (Å²) in [4.78, 5) is 25.6. The van der Waals surface area contributed by atoms with Crippen LogP contribution in [0.4, 0.5) is 10.5 Å². The van der Waals surface area contributed by atoms with Gasteiger partial charge in [-0.3, -0.25) is 10.1 Å². The third kappa shape index (κ3) is 5.27. The van der Waals surface area contributed by atoms with Gasteiger partial charge < -0.3 is 15.1 Å². The minimum Gasteiger partial charge on any atom is -0.378 e. The highest BCUT2D eigenvalue weighted by Crippen LogP contribution is 2.11. The van der Waals surface area contributed by atoms with Crippen LogP contribution in [-0.4, -0.2) is 46.7 Å². The molecule has 0 bridgehead atoms. The van der Waals surface area contributed by atoms with Gasteiger partial charge >= 0.3 is 6.03 Å². The van der Waals surface area contributed by atoms with Gasteiger partial charge in [0.05, 0.1) is 7.05 Å². The van der Waals surface area contributed by atoms with Crippen LogP contribution in [0.25, 0.3) is 0 Å². The topological polar surface area (TPSA) is 65.9 Å². The third-order valence-corrected chi connectivity index (χ3v) is 2.90. The summed E-state index contributed by atoms with van der Waals surface area (Å²) in [6.07, 6.45) is 0. The van der Waals surface area contributed by atoms with E-state index in [2.05, 4.69) is 22.8 Å². The van der Waals surface area contributed by atoms with E-state index >= 15 is 0 Å². The number of rotatable bonds is 5. The van der Waals surface area contributed by atoms with Gasteiger partial charge in [0.1, 0.15) is 6.54 Å². The standard InChI is InChI=1S/C14H22N4O2/c1-15-14(20)16-13(19)10-18(4)9-11-5-7-12(8-6-11)17(2)3/h5-8H,9-10H2,1-4H3,(H2,15,16,19,20)/p+1. The molecular weight excluding hydrogens is 256 g/mol. The molecule has 6 nitrogen and oxygen atoms in total. The molecule has 0 aromatic heterocycles. The predicted molar refractivity (Wildman–Crippen MR) is 78.8 cm³/mol. The maximum atomic E-state index is 11.6. The minimum absolute atomic E-state index is 0.253. The van der Waals surface area contributed by atoms with E-state index in [-0.39, 0.29) is 12.5 Å². The maximum absolute atomic E-state index is 11.6. The van der Waals surface area contributed by atoms with E-state index in [1.165, 1.54) is 7.05 Å². The second-order valence-corrected chi connectivity index (χ2v) is 5.00. The van der Waals surface area contributed by atoms with Crippen molar-refractivity contribution in [2.45, 2.75) is 6.54 Å². The number of quaternary nitrogens is 1. The van der Waals surface area contributed by atoms with E-state index in [0.717, 1.165) is 22.7 Å². The normalized spacial score (nSPS) is 11.6. The molecule has 0 aliphatic rings. The van der Waals surface area contributed by atoms with Crippen LogP contribution in [0.3, 0.4) is 0 Å². The van der Waals surface area contributed by atoms with Crippen LogP contribution < -0.4 is 20.4 Å². The predicted octanol–water partition coefficient (Wildman–Crippen LogP) is -0.777. The molecule has 20 heavy (non-hydrogen) atoms. The second-order valence-electron chi connectivity index (χ2n) is 5.00. The second kappa shape index (κ2) is 7.49. The molecule has 1 rings (SSSR count). The zero-order chi connectivity index (χ0) is 15.1. The van der Waals surface area contributed by atoms with Crippen LogP contribution in [0.2, 0.25) is 0 Å².